The molecule has 1 heterocycles. The van der Waals surface area contributed by atoms with Gasteiger partial charge in [-0.05, 0) is 37.8 Å². The average molecular weight is 346 g/mol. The summed E-state index contributed by atoms with van der Waals surface area (Å²) in [6.07, 6.45) is 1.25. The molecule has 1 aromatic heterocycles. The van der Waals surface area contributed by atoms with Crippen molar-refractivity contribution >= 4 is 23.0 Å². The van der Waals surface area contributed by atoms with Gasteiger partial charge in [0.05, 0.1) is 0 Å². The number of fused-ring (bicyclic) bond motifs is 1. The van der Waals surface area contributed by atoms with Crippen LogP contribution in [0.3, 0.4) is 0 Å². The van der Waals surface area contributed by atoms with Crippen molar-refractivity contribution in [3.8, 4) is 0 Å². The third-order valence-corrected chi connectivity index (χ3v) is 3.87. The van der Waals surface area contributed by atoms with Gasteiger partial charge in [0, 0.05) is 23.5 Å². The number of aromatic amines is 1. The number of H-pyrrole nitrogens is 1. The Morgan fingerprint density at radius 2 is 1.96 bits per heavy atom. The van der Waals surface area contributed by atoms with Gasteiger partial charge in [-0.1, -0.05) is 32.0 Å². The summed E-state index contributed by atoms with van der Waals surface area (Å²) in [5, 5.41) is 12.9. The van der Waals surface area contributed by atoms with Crippen molar-refractivity contribution in [3.05, 3.63) is 35.5 Å². The lowest BCUT2D eigenvalue weighted by Crippen LogP contribution is -2.44. The Balaban J connectivity index is 2.23. The highest BCUT2D eigenvalue weighted by molar-refractivity contribution is 5.88. The Hall–Kier alpha value is -2.50. The van der Waals surface area contributed by atoms with Gasteiger partial charge in [0.1, 0.15) is 11.6 Å². The van der Waals surface area contributed by atoms with Crippen LogP contribution in [0.15, 0.2) is 24.4 Å². The van der Waals surface area contributed by atoms with Crippen LogP contribution < -0.4 is 5.32 Å². The highest BCUT2D eigenvalue weighted by Crippen LogP contribution is 2.27. The van der Waals surface area contributed by atoms with Crippen molar-refractivity contribution in [3.63, 3.8) is 0 Å². The first-order valence-electron chi connectivity index (χ1n) is 8.39. The van der Waals surface area contributed by atoms with Gasteiger partial charge < -0.3 is 20.1 Å². The zero-order chi connectivity index (χ0) is 18.8. The third-order valence-electron chi connectivity index (χ3n) is 3.87. The second kappa shape index (κ2) is 7.17. The number of carboxylic acids is 1. The van der Waals surface area contributed by atoms with Gasteiger partial charge in [-0.3, -0.25) is 0 Å². The Bertz CT molecular complexity index is 771. The molecule has 2 rings (SSSR count). The molecule has 0 aliphatic carbocycles. The Morgan fingerprint density at radius 1 is 1.28 bits per heavy atom. The van der Waals surface area contributed by atoms with Crippen molar-refractivity contribution in [1.29, 1.82) is 0 Å². The zero-order valence-electron chi connectivity index (χ0n) is 15.3. The van der Waals surface area contributed by atoms with Crippen LogP contribution in [0.2, 0.25) is 0 Å². The van der Waals surface area contributed by atoms with E-state index >= 15 is 0 Å². The number of nitrogens with one attached hydrogen (secondary N) is 2. The van der Waals surface area contributed by atoms with E-state index in [0.29, 0.717) is 5.92 Å². The molecule has 0 aliphatic rings. The summed E-state index contributed by atoms with van der Waals surface area (Å²) in [6, 6.07) is 4.92. The normalized spacial score (nSPS) is 13.0. The van der Waals surface area contributed by atoms with Crippen LogP contribution in [0.1, 0.15) is 51.7 Å². The molecule has 1 atom stereocenters. The molecule has 0 bridgehead atoms. The molecule has 3 N–H and O–H groups in total. The lowest BCUT2D eigenvalue weighted by molar-refractivity contribution is -0.139. The lowest BCUT2D eigenvalue weighted by atomic mass is 9.98. The Labute approximate surface area is 147 Å². The molecule has 0 aliphatic heterocycles. The predicted octanol–water partition coefficient (Wildman–Crippen LogP) is 3.81. The summed E-state index contributed by atoms with van der Waals surface area (Å²) in [5.41, 5.74) is 2.35. The molecule has 0 saturated heterocycles. The molecule has 0 radical (unpaired) electrons. The first kappa shape index (κ1) is 18.8. The summed E-state index contributed by atoms with van der Waals surface area (Å²) in [6.45, 7) is 9.42. The summed E-state index contributed by atoms with van der Waals surface area (Å²) in [7, 11) is 0. The van der Waals surface area contributed by atoms with Crippen LogP contribution in [0, 0.1) is 0 Å². The van der Waals surface area contributed by atoms with E-state index in [9.17, 15) is 14.7 Å². The molecular formula is C19H26N2O4. The van der Waals surface area contributed by atoms with Gasteiger partial charge in [0.25, 0.3) is 0 Å². The minimum absolute atomic E-state index is 0.177. The maximum absolute atomic E-state index is 11.9. The summed E-state index contributed by atoms with van der Waals surface area (Å²) in [5.74, 6) is -0.745. The number of benzene rings is 1. The number of hydrogen-bond acceptors (Lipinski definition) is 3. The number of carboxylic acid groups (broad SMARTS) is 1. The molecule has 136 valence electrons. The second-order valence-corrected chi connectivity index (χ2v) is 7.48. The van der Waals surface area contributed by atoms with Gasteiger partial charge in [-0.2, -0.15) is 0 Å². The predicted molar refractivity (Wildman–Crippen MR) is 96.9 cm³/mol. The van der Waals surface area contributed by atoms with E-state index in [0.717, 1.165) is 16.5 Å². The lowest BCUT2D eigenvalue weighted by Gasteiger charge is -2.22. The van der Waals surface area contributed by atoms with Gasteiger partial charge in [0.15, 0.2) is 0 Å². The molecule has 0 fully saturated rings. The molecule has 1 amide bonds. The van der Waals surface area contributed by atoms with Gasteiger partial charge >= 0.3 is 12.1 Å². The molecule has 0 spiro atoms. The number of hydrogen-bond donors (Lipinski definition) is 3. The number of carbonyl (C=O) groups is 2. The molecule has 6 nitrogen and oxygen atoms in total. The van der Waals surface area contributed by atoms with E-state index in [-0.39, 0.29) is 6.42 Å². The first-order chi connectivity index (χ1) is 11.6. The van der Waals surface area contributed by atoms with E-state index in [1.54, 1.807) is 20.8 Å². The Morgan fingerprint density at radius 3 is 2.52 bits per heavy atom. The molecular weight excluding hydrogens is 320 g/mol. The number of carbonyl (C=O) groups excluding carboxylic acids is 1. The largest absolute Gasteiger partial charge is 0.480 e. The van der Waals surface area contributed by atoms with Gasteiger partial charge in [-0.25, -0.2) is 9.59 Å². The van der Waals surface area contributed by atoms with E-state index in [2.05, 4.69) is 30.2 Å². The van der Waals surface area contributed by atoms with Crippen molar-refractivity contribution < 1.29 is 19.4 Å². The smallest absolute Gasteiger partial charge is 0.408 e. The molecule has 0 saturated carbocycles. The topological polar surface area (TPSA) is 91.4 Å². The zero-order valence-corrected chi connectivity index (χ0v) is 15.3. The number of amides is 1. The highest BCUT2D eigenvalue weighted by atomic mass is 16.6. The number of aliphatic carboxylic acids is 1. The molecule has 25 heavy (non-hydrogen) atoms. The van der Waals surface area contributed by atoms with Crippen LogP contribution in [0.25, 0.3) is 10.9 Å². The number of alkyl carbamates (subject to hydrolysis) is 1. The quantitative estimate of drug-likeness (QED) is 0.767. The summed E-state index contributed by atoms with van der Waals surface area (Å²) >= 11 is 0. The van der Waals surface area contributed by atoms with Crippen molar-refractivity contribution in [1.82, 2.24) is 10.3 Å². The van der Waals surface area contributed by atoms with Gasteiger partial charge in [0.2, 0.25) is 0 Å². The van der Waals surface area contributed by atoms with E-state index in [1.807, 2.05) is 18.3 Å². The molecule has 6 heteroatoms. The Kier molecular flexibility index (Phi) is 5.40. The molecule has 2 aromatic rings. The van der Waals surface area contributed by atoms with Crippen molar-refractivity contribution in [2.75, 3.05) is 0 Å². The van der Waals surface area contributed by atoms with E-state index in [4.69, 9.17) is 4.74 Å². The maximum atomic E-state index is 11.9. The summed E-state index contributed by atoms with van der Waals surface area (Å²) < 4.78 is 5.15. The minimum atomic E-state index is -1.10. The fourth-order valence-corrected chi connectivity index (χ4v) is 2.76. The van der Waals surface area contributed by atoms with Crippen LogP contribution in [-0.4, -0.2) is 33.8 Å². The number of para-hydroxylation sites is 1. The fourth-order valence-electron chi connectivity index (χ4n) is 2.76. The molecule has 1 unspecified atom stereocenters. The van der Waals surface area contributed by atoms with E-state index in [1.165, 1.54) is 5.56 Å². The third kappa shape index (κ3) is 4.75. The number of ether oxygens (including phenoxy) is 1. The van der Waals surface area contributed by atoms with Crippen molar-refractivity contribution in [2.24, 2.45) is 0 Å². The first-order valence-corrected chi connectivity index (χ1v) is 8.39. The maximum Gasteiger partial charge on any atom is 0.408 e. The monoisotopic (exact) mass is 346 g/mol. The fraction of sp³-hybridized carbons (Fsp3) is 0.474. The van der Waals surface area contributed by atoms with Gasteiger partial charge in [-0.15, -0.1) is 0 Å². The number of aromatic nitrogens is 1. The van der Waals surface area contributed by atoms with Crippen molar-refractivity contribution in [2.45, 2.75) is 58.6 Å². The van der Waals surface area contributed by atoms with Crippen LogP contribution in [0.5, 0.6) is 0 Å². The molecule has 1 aromatic carbocycles. The summed E-state index contributed by atoms with van der Waals surface area (Å²) in [4.78, 5) is 26.7. The highest BCUT2D eigenvalue weighted by Gasteiger charge is 2.25. The van der Waals surface area contributed by atoms with Crippen LogP contribution in [-0.2, 0) is 16.0 Å². The van der Waals surface area contributed by atoms with E-state index < -0.39 is 23.7 Å². The SMILES string of the molecule is CC(C)c1cccc2c(CC(NC(=O)OC(C)(C)C)C(=O)O)c[nH]c12. The second-order valence-electron chi connectivity index (χ2n) is 7.48. The average Bonchev–Trinajstić information content (AvgIpc) is 2.87. The standard InChI is InChI=1S/C19H26N2O4/c1-11(2)13-7-6-8-14-12(10-20-16(13)14)9-15(17(22)23)21-18(24)25-19(3,4)5/h6-8,10-11,15,20H,9H2,1-5H3,(H,21,24)(H,22,23). The van der Waals surface area contributed by atoms with Crippen LogP contribution in [0.4, 0.5) is 4.79 Å². The van der Waals surface area contributed by atoms with Crippen LogP contribution >= 0.6 is 0 Å². The number of rotatable bonds is 5. The minimum Gasteiger partial charge on any atom is -0.480 e.